The van der Waals surface area contributed by atoms with E-state index in [1.165, 1.54) is 0 Å². The molecule has 82 valence electrons. The number of aliphatic imine (C=N–C) groups is 1. The van der Waals surface area contributed by atoms with Gasteiger partial charge >= 0.3 is 0 Å². The van der Waals surface area contributed by atoms with Crippen LogP contribution in [0, 0.1) is 5.41 Å². The van der Waals surface area contributed by atoms with Gasteiger partial charge in [-0.1, -0.05) is 26.0 Å². The maximum Gasteiger partial charge on any atom is 0.170 e. The van der Waals surface area contributed by atoms with Crippen molar-refractivity contribution in [3.63, 3.8) is 0 Å². The highest BCUT2D eigenvalue weighted by atomic mass is 16.1. The minimum absolute atomic E-state index is 0.215. The van der Waals surface area contributed by atoms with Gasteiger partial charge in [0.1, 0.15) is 0 Å². The lowest BCUT2D eigenvalue weighted by Gasteiger charge is -2.29. The van der Waals surface area contributed by atoms with Gasteiger partial charge in [0.2, 0.25) is 0 Å². The first-order valence-corrected chi connectivity index (χ1v) is 5.42. The highest BCUT2D eigenvalue weighted by molar-refractivity contribution is 6.03. The second-order valence-electron chi connectivity index (χ2n) is 4.46. The van der Waals surface area contributed by atoms with E-state index in [1.54, 1.807) is 6.21 Å². The molecule has 0 aromatic rings. The topological polar surface area (TPSA) is 29.4 Å². The number of nitrogens with zero attached hydrogens (tertiary/aromatic N) is 1. The molecule has 0 N–H and O–H groups in total. The first-order valence-electron chi connectivity index (χ1n) is 5.42. The van der Waals surface area contributed by atoms with Crippen LogP contribution >= 0.6 is 0 Å². The van der Waals surface area contributed by atoms with E-state index >= 15 is 0 Å². The van der Waals surface area contributed by atoms with E-state index in [4.69, 9.17) is 0 Å². The van der Waals surface area contributed by atoms with E-state index in [2.05, 4.69) is 4.99 Å². The molecular formula is C13H19NO. The summed E-state index contributed by atoms with van der Waals surface area (Å²) in [5.41, 5.74) is 1.48. The second-order valence-corrected chi connectivity index (χ2v) is 4.46. The predicted molar refractivity (Wildman–Crippen MR) is 64.0 cm³/mol. The summed E-state index contributed by atoms with van der Waals surface area (Å²) in [4.78, 5) is 16.4. The van der Waals surface area contributed by atoms with Crippen molar-refractivity contribution in [3.8, 4) is 0 Å². The standard InChI is InChI=1S/C13H19NO/c1-5-7-10-11(14-6-2)8-9-13(3,4)12(10)15/h5-7H,8-9H2,1-4H3/b7-5+,14-6?. The number of ketones is 1. The quantitative estimate of drug-likeness (QED) is 0.636. The van der Waals surface area contributed by atoms with E-state index in [1.807, 2.05) is 39.8 Å². The summed E-state index contributed by atoms with van der Waals surface area (Å²) in [5, 5.41) is 0. The predicted octanol–water partition coefficient (Wildman–Crippen LogP) is 3.30. The molecule has 1 aliphatic carbocycles. The Kier molecular flexibility index (Phi) is 3.61. The normalized spacial score (nSPS) is 22.0. The van der Waals surface area contributed by atoms with Gasteiger partial charge in [-0.05, 0) is 26.7 Å². The molecule has 1 aliphatic rings. The fourth-order valence-corrected chi connectivity index (χ4v) is 1.80. The monoisotopic (exact) mass is 205 g/mol. The lowest BCUT2D eigenvalue weighted by atomic mass is 9.75. The molecule has 0 unspecified atom stereocenters. The number of hydrogen-bond donors (Lipinski definition) is 0. The van der Waals surface area contributed by atoms with Crippen molar-refractivity contribution in [3.05, 3.63) is 23.4 Å². The van der Waals surface area contributed by atoms with E-state index in [9.17, 15) is 4.79 Å². The van der Waals surface area contributed by atoms with Gasteiger partial charge in [-0.2, -0.15) is 0 Å². The molecule has 0 saturated carbocycles. The van der Waals surface area contributed by atoms with Gasteiger partial charge in [0.25, 0.3) is 0 Å². The van der Waals surface area contributed by atoms with E-state index in [-0.39, 0.29) is 11.2 Å². The van der Waals surface area contributed by atoms with Crippen LogP contribution in [-0.4, -0.2) is 12.0 Å². The molecule has 1 rings (SSSR count). The van der Waals surface area contributed by atoms with E-state index in [0.29, 0.717) is 0 Å². The molecule has 0 aromatic heterocycles. The summed E-state index contributed by atoms with van der Waals surface area (Å²) >= 11 is 0. The summed E-state index contributed by atoms with van der Waals surface area (Å²) in [6, 6.07) is 0. The molecule has 0 atom stereocenters. The summed E-state index contributed by atoms with van der Waals surface area (Å²) in [6.45, 7) is 7.82. The smallest absolute Gasteiger partial charge is 0.170 e. The number of carbonyl (C=O) groups is 1. The molecule has 2 nitrogen and oxygen atoms in total. The molecule has 0 bridgehead atoms. The van der Waals surface area contributed by atoms with Crippen molar-refractivity contribution < 1.29 is 4.79 Å². The number of hydrogen-bond acceptors (Lipinski definition) is 2. The number of Topliss-reactive ketones (excluding diaryl/α,β-unsaturated/α-hetero) is 1. The zero-order valence-electron chi connectivity index (χ0n) is 10.0. The van der Waals surface area contributed by atoms with Crippen LogP contribution in [0.2, 0.25) is 0 Å². The summed E-state index contributed by atoms with van der Waals surface area (Å²) in [5.74, 6) is 0.215. The Balaban J connectivity index is 3.19. The number of allylic oxidation sites excluding steroid dienone is 4. The zero-order chi connectivity index (χ0) is 11.5. The highest BCUT2D eigenvalue weighted by Gasteiger charge is 2.34. The van der Waals surface area contributed by atoms with Crippen molar-refractivity contribution >= 4 is 12.0 Å². The highest BCUT2D eigenvalue weighted by Crippen LogP contribution is 2.36. The summed E-state index contributed by atoms with van der Waals surface area (Å²) in [7, 11) is 0. The van der Waals surface area contributed by atoms with Crippen LogP contribution in [-0.2, 0) is 4.79 Å². The van der Waals surface area contributed by atoms with Crippen LogP contribution in [0.3, 0.4) is 0 Å². The molecule has 0 fully saturated rings. The number of carbonyl (C=O) groups excluding carboxylic acids is 1. The van der Waals surface area contributed by atoms with Gasteiger partial charge in [-0.25, -0.2) is 0 Å². The minimum atomic E-state index is -0.235. The van der Waals surface area contributed by atoms with Crippen molar-refractivity contribution in [1.82, 2.24) is 0 Å². The van der Waals surface area contributed by atoms with Crippen LogP contribution in [0.4, 0.5) is 0 Å². The Bertz CT molecular complexity index is 346. The van der Waals surface area contributed by atoms with Gasteiger partial charge in [-0.3, -0.25) is 9.79 Å². The average Bonchev–Trinajstić information content (AvgIpc) is 2.18. The van der Waals surface area contributed by atoms with Gasteiger partial charge < -0.3 is 0 Å². The first kappa shape index (κ1) is 11.9. The van der Waals surface area contributed by atoms with Gasteiger partial charge in [0.15, 0.2) is 5.78 Å². The maximum absolute atomic E-state index is 12.1. The second kappa shape index (κ2) is 4.56. The van der Waals surface area contributed by atoms with Crippen LogP contribution < -0.4 is 0 Å². The SMILES string of the molecule is CC=NC1=C(/C=C/C)C(=O)C(C)(C)CC1. The molecule has 0 saturated heterocycles. The van der Waals surface area contributed by atoms with E-state index in [0.717, 1.165) is 24.1 Å². The Hall–Kier alpha value is -1.18. The first-order chi connectivity index (χ1) is 7.03. The summed E-state index contributed by atoms with van der Waals surface area (Å²) < 4.78 is 0. The Morgan fingerprint density at radius 2 is 2.00 bits per heavy atom. The Morgan fingerprint density at radius 3 is 2.53 bits per heavy atom. The molecule has 0 radical (unpaired) electrons. The fourth-order valence-electron chi connectivity index (χ4n) is 1.80. The van der Waals surface area contributed by atoms with Crippen LogP contribution in [0.15, 0.2) is 28.4 Å². The summed E-state index contributed by atoms with van der Waals surface area (Å²) in [6.07, 6.45) is 7.32. The van der Waals surface area contributed by atoms with Crippen LogP contribution in [0.1, 0.15) is 40.5 Å². The maximum atomic E-state index is 12.1. The van der Waals surface area contributed by atoms with E-state index < -0.39 is 0 Å². The minimum Gasteiger partial charge on any atom is -0.294 e. The molecule has 0 amide bonds. The third kappa shape index (κ3) is 2.44. The van der Waals surface area contributed by atoms with Crippen LogP contribution in [0.5, 0.6) is 0 Å². The largest absolute Gasteiger partial charge is 0.294 e. The Labute approximate surface area is 91.8 Å². The molecule has 0 heterocycles. The van der Waals surface area contributed by atoms with Gasteiger partial charge in [-0.15, -0.1) is 0 Å². The van der Waals surface area contributed by atoms with Gasteiger partial charge in [0.05, 0.1) is 5.70 Å². The molecule has 0 spiro atoms. The van der Waals surface area contributed by atoms with Crippen molar-refractivity contribution in [2.75, 3.05) is 0 Å². The van der Waals surface area contributed by atoms with Crippen molar-refractivity contribution in [2.24, 2.45) is 10.4 Å². The molecule has 2 heteroatoms. The molecule has 0 aromatic carbocycles. The average molecular weight is 205 g/mol. The fraction of sp³-hybridized carbons (Fsp3) is 0.538. The number of rotatable bonds is 2. The third-order valence-corrected chi connectivity index (χ3v) is 2.78. The molecule has 15 heavy (non-hydrogen) atoms. The lowest BCUT2D eigenvalue weighted by molar-refractivity contribution is -0.123. The molecule has 0 aliphatic heterocycles. The van der Waals surface area contributed by atoms with Crippen molar-refractivity contribution in [2.45, 2.75) is 40.5 Å². The third-order valence-electron chi connectivity index (χ3n) is 2.78. The van der Waals surface area contributed by atoms with Gasteiger partial charge in [0, 0.05) is 17.2 Å². The molecular weight excluding hydrogens is 186 g/mol. The zero-order valence-corrected chi connectivity index (χ0v) is 10.0. The van der Waals surface area contributed by atoms with Crippen molar-refractivity contribution in [1.29, 1.82) is 0 Å². The van der Waals surface area contributed by atoms with Crippen LogP contribution in [0.25, 0.3) is 0 Å². The lowest BCUT2D eigenvalue weighted by Crippen LogP contribution is -2.29. The Morgan fingerprint density at radius 1 is 1.33 bits per heavy atom.